The summed E-state index contributed by atoms with van der Waals surface area (Å²) in [5.74, 6) is 0. The van der Waals surface area contributed by atoms with Crippen molar-refractivity contribution in [1.82, 2.24) is 5.32 Å². The number of thiophene rings is 1. The van der Waals surface area contributed by atoms with Crippen LogP contribution in [0.1, 0.15) is 47.5 Å². The molecule has 1 aliphatic rings. The van der Waals surface area contributed by atoms with E-state index in [1.165, 1.54) is 30.6 Å². The van der Waals surface area contributed by atoms with Crippen LogP contribution in [0.4, 0.5) is 0 Å². The fourth-order valence-corrected chi connectivity index (χ4v) is 3.69. The Morgan fingerprint density at radius 2 is 2.24 bits per heavy atom. The second kappa shape index (κ2) is 6.53. The summed E-state index contributed by atoms with van der Waals surface area (Å²) >= 11 is 1.98. The average molecular weight is 253 g/mol. The number of likely N-dealkylation sites (N-methyl/N-ethyl adjacent to an activating group) is 1. The summed E-state index contributed by atoms with van der Waals surface area (Å²) in [6, 6.07) is 2.77. The molecule has 1 aromatic heterocycles. The monoisotopic (exact) mass is 253 g/mol. The number of hydrogen-bond donors (Lipinski definition) is 1. The minimum atomic E-state index is 0.372. The smallest absolute Gasteiger partial charge is 0.0669 e. The molecular weight excluding hydrogens is 230 g/mol. The standard InChI is InChI=1S/C14H23NOS/c1-3-8-16-10-12(15-2)14-9-11-6-4-5-7-13(11)17-14/h9,12,15H,3-8,10H2,1-2H3. The van der Waals surface area contributed by atoms with Crippen molar-refractivity contribution in [2.24, 2.45) is 0 Å². The SMILES string of the molecule is CCCOCC(NC)c1cc2c(s1)CCCC2. The second-order valence-corrected chi connectivity index (χ2v) is 5.89. The molecule has 0 aliphatic heterocycles. The lowest BCUT2D eigenvalue weighted by atomic mass is 9.99. The summed E-state index contributed by atoms with van der Waals surface area (Å²) in [4.78, 5) is 3.07. The molecule has 1 aromatic rings. The Hall–Kier alpha value is -0.380. The lowest BCUT2D eigenvalue weighted by Gasteiger charge is -2.14. The van der Waals surface area contributed by atoms with Gasteiger partial charge in [0.15, 0.2) is 0 Å². The van der Waals surface area contributed by atoms with E-state index in [0.29, 0.717) is 6.04 Å². The van der Waals surface area contributed by atoms with Crippen molar-refractivity contribution in [2.45, 2.75) is 45.1 Å². The van der Waals surface area contributed by atoms with Gasteiger partial charge in [-0.05, 0) is 50.8 Å². The van der Waals surface area contributed by atoms with Crippen LogP contribution in [0.25, 0.3) is 0 Å². The van der Waals surface area contributed by atoms with Gasteiger partial charge in [0.05, 0.1) is 12.6 Å². The molecule has 1 unspecified atom stereocenters. The van der Waals surface area contributed by atoms with Gasteiger partial charge in [0.1, 0.15) is 0 Å². The molecule has 0 saturated carbocycles. The van der Waals surface area contributed by atoms with E-state index in [9.17, 15) is 0 Å². The maximum absolute atomic E-state index is 5.67. The summed E-state index contributed by atoms with van der Waals surface area (Å²) in [5.41, 5.74) is 1.59. The Bertz CT molecular complexity index is 324. The predicted molar refractivity (Wildman–Crippen MR) is 73.9 cm³/mol. The lowest BCUT2D eigenvalue weighted by molar-refractivity contribution is 0.115. The van der Waals surface area contributed by atoms with Crippen molar-refractivity contribution in [3.63, 3.8) is 0 Å². The van der Waals surface area contributed by atoms with Gasteiger partial charge in [-0.2, -0.15) is 0 Å². The van der Waals surface area contributed by atoms with E-state index in [1.807, 2.05) is 18.4 Å². The van der Waals surface area contributed by atoms with Gasteiger partial charge < -0.3 is 10.1 Å². The molecule has 1 atom stereocenters. The first-order valence-corrected chi connectivity index (χ1v) is 7.53. The Balaban J connectivity index is 2.00. The molecule has 0 bridgehead atoms. The molecule has 96 valence electrons. The van der Waals surface area contributed by atoms with Crippen LogP contribution in [0.15, 0.2) is 6.07 Å². The molecule has 3 heteroatoms. The van der Waals surface area contributed by atoms with Gasteiger partial charge in [0, 0.05) is 16.4 Å². The molecule has 1 heterocycles. The van der Waals surface area contributed by atoms with Crippen LogP contribution in [0.3, 0.4) is 0 Å². The van der Waals surface area contributed by atoms with Gasteiger partial charge in [-0.3, -0.25) is 0 Å². The van der Waals surface area contributed by atoms with Crippen molar-refractivity contribution in [1.29, 1.82) is 0 Å². The number of hydrogen-bond acceptors (Lipinski definition) is 3. The summed E-state index contributed by atoms with van der Waals surface area (Å²) in [6.07, 6.45) is 6.38. The van der Waals surface area contributed by atoms with Crippen molar-refractivity contribution < 1.29 is 4.74 Å². The molecule has 0 amide bonds. The van der Waals surface area contributed by atoms with E-state index in [4.69, 9.17) is 4.74 Å². The number of rotatable bonds is 6. The molecule has 2 rings (SSSR count). The van der Waals surface area contributed by atoms with Gasteiger partial charge in [-0.25, -0.2) is 0 Å². The zero-order valence-electron chi connectivity index (χ0n) is 10.9. The minimum Gasteiger partial charge on any atom is -0.379 e. The Kier molecular flexibility index (Phi) is 5.01. The average Bonchev–Trinajstić information content (AvgIpc) is 2.78. The Labute approximate surface area is 108 Å². The van der Waals surface area contributed by atoms with Gasteiger partial charge in [-0.15, -0.1) is 11.3 Å². The van der Waals surface area contributed by atoms with E-state index in [0.717, 1.165) is 19.6 Å². The number of nitrogens with one attached hydrogen (secondary N) is 1. The van der Waals surface area contributed by atoms with Gasteiger partial charge >= 0.3 is 0 Å². The molecular formula is C14H23NOS. The normalized spacial score (nSPS) is 16.8. The summed E-state index contributed by atoms with van der Waals surface area (Å²) in [7, 11) is 2.03. The van der Waals surface area contributed by atoms with E-state index in [-0.39, 0.29) is 0 Å². The van der Waals surface area contributed by atoms with Gasteiger partial charge in [0.25, 0.3) is 0 Å². The first-order valence-electron chi connectivity index (χ1n) is 6.71. The quantitative estimate of drug-likeness (QED) is 0.785. The fraction of sp³-hybridized carbons (Fsp3) is 0.714. The molecule has 0 radical (unpaired) electrons. The highest BCUT2D eigenvalue weighted by Gasteiger charge is 2.18. The third-order valence-electron chi connectivity index (χ3n) is 3.34. The number of fused-ring (bicyclic) bond motifs is 1. The highest BCUT2D eigenvalue weighted by molar-refractivity contribution is 7.12. The highest BCUT2D eigenvalue weighted by Crippen LogP contribution is 2.32. The maximum atomic E-state index is 5.67. The van der Waals surface area contributed by atoms with Crippen molar-refractivity contribution in [2.75, 3.05) is 20.3 Å². The fourth-order valence-electron chi connectivity index (χ4n) is 2.34. The number of aryl methyl sites for hydroxylation is 2. The first kappa shape index (κ1) is 13.1. The summed E-state index contributed by atoms with van der Waals surface area (Å²) in [5, 5.41) is 3.37. The summed E-state index contributed by atoms with van der Waals surface area (Å²) < 4.78 is 5.67. The maximum Gasteiger partial charge on any atom is 0.0669 e. The van der Waals surface area contributed by atoms with Crippen LogP contribution in [-0.4, -0.2) is 20.3 Å². The van der Waals surface area contributed by atoms with Crippen molar-refractivity contribution in [3.05, 3.63) is 21.4 Å². The van der Waals surface area contributed by atoms with Crippen LogP contribution < -0.4 is 5.32 Å². The predicted octanol–water partition coefficient (Wildman–Crippen LogP) is 3.31. The second-order valence-electron chi connectivity index (χ2n) is 4.72. The van der Waals surface area contributed by atoms with E-state index in [1.54, 1.807) is 10.4 Å². The largest absolute Gasteiger partial charge is 0.379 e. The Morgan fingerprint density at radius 3 is 2.94 bits per heavy atom. The molecule has 17 heavy (non-hydrogen) atoms. The van der Waals surface area contributed by atoms with Crippen LogP contribution >= 0.6 is 11.3 Å². The molecule has 0 fully saturated rings. The zero-order chi connectivity index (χ0) is 12.1. The third kappa shape index (κ3) is 3.30. The minimum absolute atomic E-state index is 0.372. The van der Waals surface area contributed by atoms with Gasteiger partial charge in [0.2, 0.25) is 0 Å². The van der Waals surface area contributed by atoms with Crippen LogP contribution in [0.5, 0.6) is 0 Å². The van der Waals surface area contributed by atoms with E-state index in [2.05, 4.69) is 18.3 Å². The third-order valence-corrected chi connectivity index (χ3v) is 4.69. The highest BCUT2D eigenvalue weighted by atomic mass is 32.1. The van der Waals surface area contributed by atoms with Crippen LogP contribution in [-0.2, 0) is 17.6 Å². The van der Waals surface area contributed by atoms with E-state index >= 15 is 0 Å². The van der Waals surface area contributed by atoms with E-state index < -0.39 is 0 Å². The lowest BCUT2D eigenvalue weighted by Crippen LogP contribution is -2.21. The molecule has 0 spiro atoms. The molecule has 1 N–H and O–H groups in total. The van der Waals surface area contributed by atoms with Crippen molar-refractivity contribution in [3.8, 4) is 0 Å². The first-order chi connectivity index (χ1) is 8.35. The Morgan fingerprint density at radius 1 is 1.41 bits per heavy atom. The molecule has 2 nitrogen and oxygen atoms in total. The zero-order valence-corrected chi connectivity index (χ0v) is 11.7. The van der Waals surface area contributed by atoms with Crippen LogP contribution in [0.2, 0.25) is 0 Å². The topological polar surface area (TPSA) is 21.3 Å². The summed E-state index contributed by atoms with van der Waals surface area (Å²) in [6.45, 7) is 3.81. The molecule has 0 saturated heterocycles. The van der Waals surface area contributed by atoms with Gasteiger partial charge in [-0.1, -0.05) is 6.92 Å². The van der Waals surface area contributed by atoms with Crippen LogP contribution in [0, 0.1) is 0 Å². The van der Waals surface area contributed by atoms with Crippen molar-refractivity contribution >= 4 is 11.3 Å². The molecule has 1 aliphatic carbocycles. The number of ether oxygens (including phenoxy) is 1. The molecule has 0 aromatic carbocycles.